The highest BCUT2D eigenvalue weighted by atomic mass is 19.1. The lowest BCUT2D eigenvalue weighted by Crippen LogP contribution is -2.35. The Kier molecular flexibility index (Phi) is 3.93. The zero-order chi connectivity index (χ0) is 18.4. The van der Waals surface area contributed by atoms with E-state index in [1.807, 2.05) is 4.90 Å². The minimum absolute atomic E-state index is 0.0586. The second kappa shape index (κ2) is 6.15. The number of likely N-dealkylation sites (tertiary alicyclic amines) is 1. The Morgan fingerprint density at radius 1 is 1.23 bits per heavy atom. The van der Waals surface area contributed by atoms with Gasteiger partial charge in [0.25, 0.3) is 11.5 Å². The predicted molar refractivity (Wildman–Crippen MR) is 88.8 cm³/mol. The van der Waals surface area contributed by atoms with Crippen LogP contribution in [0.25, 0.3) is 0 Å². The molecule has 2 atom stereocenters. The minimum atomic E-state index is -0.873. The molecular weight excluding hydrogens is 344 g/mol. The SMILES string of the molecule is Cc1nc(N2CC3CN(C(=O)c4ncccc4F)CC3C2)[nH]c(=O)c1F. The third-order valence-corrected chi connectivity index (χ3v) is 5.05. The number of aromatic nitrogens is 3. The summed E-state index contributed by atoms with van der Waals surface area (Å²) in [5, 5.41) is 0. The molecule has 0 aliphatic carbocycles. The van der Waals surface area contributed by atoms with Crippen molar-refractivity contribution >= 4 is 11.9 Å². The Hall–Kier alpha value is -2.84. The van der Waals surface area contributed by atoms with Gasteiger partial charge in [0.2, 0.25) is 11.8 Å². The van der Waals surface area contributed by atoms with Crippen LogP contribution < -0.4 is 10.5 Å². The summed E-state index contributed by atoms with van der Waals surface area (Å²) >= 11 is 0. The summed E-state index contributed by atoms with van der Waals surface area (Å²) in [5.41, 5.74) is -0.889. The number of hydrogen-bond donors (Lipinski definition) is 1. The van der Waals surface area contributed by atoms with Gasteiger partial charge >= 0.3 is 0 Å². The number of pyridine rings is 1. The van der Waals surface area contributed by atoms with Crippen molar-refractivity contribution in [3.8, 4) is 0 Å². The van der Waals surface area contributed by atoms with E-state index in [1.54, 1.807) is 4.90 Å². The molecule has 136 valence electrons. The van der Waals surface area contributed by atoms with Crippen LogP contribution in [0.1, 0.15) is 16.2 Å². The number of carbonyl (C=O) groups is 1. The first-order chi connectivity index (χ1) is 12.4. The van der Waals surface area contributed by atoms with E-state index in [0.717, 1.165) is 0 Å². The molecule has 0 bridgehead atoms. The summed E-state index contributed by atoms with van der Waals surface area (Å²) in [6.45, 7) is 3.61. The fraction of sp³-hybridized carbons (Fsp3) is 0.412. The lowest BCUT2D eigenvalue weighted by Gasteiger charge is -2.22. The summed E-state index contributed by atoms with van der Waals surface area (Å²) in [6.07, 6.45) is 1.40. The molecule has 2 unspecified atom stereocenters. The molecule has 4 heterocycles. The number of carbonyl (C=O) groups excluding carboxylic acids is 1. The zero-order valence-electron chi connectivity index (χ0n) is 14.1. The Morgan fingerprint density at radius 2 is 1.92 bits per heavy atom. The lowest BCUT2D eigenvalue weighted by molar-refractivity contribution is 0.0771. The first-order valence-electron chi connectivity index (χ1n) is 8.35. The average molecular weight is 361 g/mol. The Bertz CT molecular complexity index is 918. The van der Waals surface area contributed by atoms with Crippen LogP contribution in [0.2, 0.25) is 0 Å². The third-order valence-electron chi connectivity index (χ3n) is 5.05. The molecule has 7 nitrogen and oxygen atoms in total. The van der Waals surface area contributed by atoms with Gasteiger partial charge in [-0.15, -0.1) is 0 Å². The van der Waals surface area contributed by atoms with Crippen LogP contribution in [0.4, 0.5) is 14.7 Å². The first kappa shape index (κ1) is 16.6. The number of rotatable bonds is 2. The molecule has 1 amide bonds. The number of aryl methyl sites for hydroxylation is 1. The van der Waals surface area contributed by atoms with Gasteiger partial charge < -0.3 is 9.80 Å². The van der Waals surface area contributed by atoms with Gasteiger partial charge in [-0.05, 0) is 19.1 Å². The molecule has 0 spiro atoms. The quantitative estimate of drug-likeness (QED) is 0.862. The van der Waals surface area contributed by atoms with Crippen molar-refractivity contribution in [2.45, 2.75) is 6.92 Å². The molecule has 2 aromatic rings. The monoisotopic (exact) mass is 361 g/mol. The molecule has 0 aromatic carbocycles. The van der Waals surface area contributed by atoms with Crippen molar-refractivity contribution in [3.63, 3.8) is 0 Å². The third kappa shape index (κ3) is 2.73. The van der Waals surface area contributed by atoms with Gasteiger partial charge in [-0.2, -0.15) is 4.39 Å². The van der Waals surface area contributed by atoms with E-state index in [4.69, 9.17) is 0 Å². The second-order valence-electron chi connectivity index (χ2n) is 6.76. The van der Waals surface area contributed by atoms with Gasteiger partial charge in [0, 0.05) is 44.2 Å². The van der Waals surface area contributed by atoms with Crippen molar-refractivity contribution in [1.29, 1.82) is 0 Å². The summed E-state index contributed by atoms with van der Waals surface area (Å²) in [5.74, 6) is -1.20. The number of hydrogen-bond acceptors (Lipinski definition) is 5. The average Bonchev–Trinajstić information content (AvgIpc) is 3.18. The number of halogens is 2. The summed E-state index contributed by atoms with van der Waals surface area (Å²) in [6, 6.07) is 2.67. The molecule has 2 aliphatic rings. The van der Waals surface area contributed by atoms with Crippen molar-refractivity contribution in [2.75, 3.05) is 31.1 Å². The normalized spacial score (nSPS) is 22.0. The zero-order valence-corrected chi connectivity index (χ0v) is 14.1. The van der Waals surface area contributed by atoms with E-state index < -0.39 is 23.1 Å². The Labute approximate surface area is 147 Å². The van der Waals surface area contributed by atoms with Crippen molar-refractivity contribution < 1.29 is 13.6 Å². The van der Waals surface area contributed by atoms with Crippen LogP contribution in [0.15, 0.2) is 23.1 Å². The number of nitrogens with one attached hydrogen (secondary N) is 1. The second-order valence-corrected chi connectivity index (χ2v) is 6.76. The van der Waals surface area contributed by atoms with Crippen molar-refractivity contribution in [3.05, 3.63) is 51.7 Å². The Morgan fingerprint density at radius 3 is 2.54 bits per heavy atom. The van der Waals surface area contributed by atoms with Crippen LogP contribution in [-0.4, -0.2) is 51.9 Å². The van der Waals surface area contributed by atoms with Crippen LogP contribution in [0.5, 0.6) is 0 Å². The number of nitrogens with zero attached hydrogens (tertiary/aromatic N) is 4. The summed E-state index contributed by atoms with van der Waals surface area (Å²) in [4.78, 5) is 38.0. The summed E-state index contributed by atoms with van der Waals surface area (Å²) in [7, 11) is 0. The fourth-order valence-corrected chi connectivity index (χ4v) is 3.73. The van der Waals surface area contributed by atoms with Gasteiger partial charge in [-0.1, -0.05) is 0 Å². The Balaban J connectivity index is 1.47. The van der Waals surface area contributed by atoms with E-state index in [0.29, 0.717) is 32.1 Å². The molecule has 2 fully saturated rings. The minimum Gasteiger partial charge on any atom is -0.342 e. The smallest absolute Gasteiger partial charge is 0.288 e. The first-order valence-corrected chi connectivity index (χ1v) is 8.35. The number of H-pyrrole nitrogens is 1. The van der Waals surface area contributed by atoms with Crippen LogP contribution in [0.3, 0.4) is 0 Å². The molecular formula is C17H17F2N5O2. The highest BCUT2D eigenvalue weighted by Gasteiger charge is 2.43. The van der Waals surface area contributed by atoms with Gasteiger partial charge in [0.1, 0.15) is 0 Å². The molecule has 2 aliphatic heterocycles. The number of anilines is 1. The van der Waals surface area contributed by atoms with E-state index >= 15 is 0 Å². The summed E-state index contributed by atoms with van der Waals surface area (Å²) < 4.78 is 27.2. The number of aromatic amines is 1. The molecule has 2 aromatic heterocycles. The largest absolute Gasteiger partial charge is 0.342 e. The van der Waals surface area contributed by atoms with Crippen LogP contribution >= 0.6 is 0 Å². The molecule has 0 radical (unpaired) electrons. The van der Waals surface area contributed by atoms with Gasteiger partial charge in [0.15, 0.2) is 11.5 Å². The van der Waals surface area contributed by atoms with Crippen LogP contribution in [0, 0.1) is 30.4 Å². The van der Waals surface area contributed by atoms with Crippen molar-refractivity contribution in [2.24, 2.45) is 11.8 Å². The van der Waals surface area contributed by atoms with Gasteiger partial charge in [-0.3, -0.25) is 14.6 Å². The maximum absolute atomic E-state index is 13.8. The molecule has 9 heteroatoms. The molecule has 1 N–H and O–H groups in total. The van der Waals surface area contributed by atoms with E-state index in [1.165, 1.54) is 25.3 Å². The van der Waals surface area contributed by atoms with Crippen LogP contribution in [-0.2, 0) is 0 Å². The van der Waals surface area contributed by atoms with E-state index in [2.05, 4.69) is 15.0 Å². The molecule has 0 saturated carbocycles. The van der Waals surface area contributed by atoms with E-state index in [9.17, 15) is 18.4 Å². The molecule has 2 saturated heterocycles. The topological polar surface area (TPSA) is 82.2 Å². The maximum atomic E-state index is 13.8. The standard InChI is InChI=1S/C17H17F2N5O2/c1-9-13(19)15(25)22-17(21-9)24-7-10-5-23(6-11(10)8-24)16(26)14-12(18)3-2-4-20-14/h2-4,10-11H,5-8H2,1H3,(H,21,22,25). The van der Waals surface area contributed by atoms with Crippen molar-refractivity contribution in [1.82, 2.24) is 19.9 Å². The fourth-order valence-electron chi connectivity index (χ4n) is 3.73. The maximum Gasteiger partial charge on any atom is 0.288 e. The van der Waals surface area contributed by atoms with E-state index in [-0.39, 0.29) is 23.2 Å². The predicted octanol–water partition coefficient (Wildman–Crippen LogP) is 0.960. The highest BCUT2D eigenvalue weighted by molar-refractivity contribution is 5.92. The highest BCUT2D eigenvalue weighted by Crippen LogP contribution is 2.33. The molecule has 26 heavy (non-hydrogen) atoms. The molecule has 4 rings (SSSR count). The number of fused-ring (bicyclic) bond motifs is 1. The lowest BCUT2D eigenvalue weighted by atomic mass is 10.0. The number of amides is 1. The van der Waals surface area contributed by atoms with Gasteiger partial charge in [0.05, 0.1) is 5.69 Å². The van der Waals surface area contributed by atoms with Gasteiger partial charge in [-0.25, -0.2) is 14.4 Å².